The minimum absolute atomic E-state index is 0.597. The molecule has 1 aliphatic rings. The molecule has 116 valence electrons. The van der Waals surface area contributed by atoms with Crippen molar-refractivity contribution in [2.24, 2.45) is 5.92 Å². The van der Waals surface area contributed by atoms with Gasteiger partial charge in [-0.2, -0.15) is 0 Å². The standard InChI is InChI=1S/C20H25NSe/c1-16(2)20-13-19(22-18-11-7-4-8-12-18)15-21(20)14-17-9-5-3-6-10-17/h3-12,16,19-20H,13-15H2,1-2H3/t19-,20-/m1/s1. The van der Waals surface area contributed by atoms with Gasteiger partial charge in [0.05, 0.1) is 0 Å². The second kappa shape index (κ2) is 7.46. The zero-order chi connectivity index (χ0) is 15.4. The molecule has 22 heavy (non-hydrogen) atoms. The fourth-order valence-corrected chi connectivity index (χ4v) is 6.00. The summed E-state index contributed by atoms with van der Waals surface area (Å²) in [7, 11) is 0. The first-order valence-corrected chi connectivity index (χ1v) is 10.1. The summed E-state index contributed by atoms with van der Waals surface area (Å²) < 4.78 is 1.55. The molecule has 0 spiro atoms. The summed E-state index contributed by atoms with van der Waals surface area (Å²) in [5.74, 6) is 0.736. The molecular formula is C20H25NSe. The van der Waals surface area contributed by atoms with E-state index in [0.717, 1.165) is 23.3 Å². The normalized spacial score (nSPS) is 22.3. The molecule has 0 unspecified atom stereocenters. The Kier molecular flexibility index (Phi) is 5.36. The Labute approximate surface area is 140 Å². The Morgan fingerprint density at radius 3 is 2.27 bits per heavy atom. The van der Waals surface area contributed by atoms with Gasteiger partial charge in [0.15, 0.2) is 0 Å². The number of benzene rings is 2. The van der Waals surface area contributed by atoms with Gasteiger partial charge in [-0.15, -0.1) is 0 Å². The van der Waals surface area contributed by atoms with E-state index in [2.05, 4.69) is 79.4 Å². The van der Waals surface area contributed by atoms with Gasteiger partial charge < -0.3 is 0 Å². The summed E-state index contributed by atoms with van der Waals surface area (Å²) in [6.45, 7) is 7.11. The zero-order valence-electron chi connectivity index (χ0n) is 13.5. The van der Waals surface area contributed by atoms with Crippen LogP contribution in [0.3, 0.4) is 0 Å². The van der Waals surface area contributed by atoms with E-state index >= 15 is 0 Å². The summed E-state index contributed by atoms with van der Waals surface area (Å²) in [6, 6.07) is 22.7. The van der Waals surface area contributed by atoms with Crippen molar-refractivity contribution in [2.45, 2.75) is 37.7 Å². The molecule has 0 saturated carbocycles. The van der Waals surface area contributed by atoms with E-state index in [1.807, 2.05) is 0 Å². The first kappa shape index (κ1) is 15.8. The van der Waals surface area contributed by atoms with Crippen molar-refractivity contribution in [3.05, 3.63) is 66.2 Å². The molecule has 0 amide bonds. The molecule has 2 aromatic rings. The Morgan fingerprint density at radius 1 is 1.00 bits per heavy atom. The van der Waals surface area contributed by atoms with Gasteiger partial charge in [-0.1, -0.05) is 0 Å². The van der Waals surface area contributed by atoms with Crippen molar-refractivity contribution >= 4 is 19.4 Å². The predicted molar refractivity (Wildman–Crippen MR) is 95.7 cm³/mol. The van der Waals surface area contributed by atoms with Crippen molar-refractivity contribution in [1.29, 1.82) is 0 Å². The summed E-state index contributed by atoms with van der Waals surface area (Å²) in [4.78, 5) is 3.57. The summed E-state index contributed by atoms with van der Waals surface area (Å²) in [5.41, 5.74) is 1.45. The molecule has 2 aromatic carbocycles. The van der Waals surface area contributed by atoms with E-state index in [4.69, 9.17) is 0 Å². The van der Waals surface area contributed by atoms with Gasteiger partial charge >= 0.3 is 141 Å². The monoisotopic (exact) mass is 359 g/mol. The molecule has 0 radical (unpaired) electrons. The second-order valence-electron chi connectivity index (χ2n) is 6.52. The molecule has 1 fully saturated rings. The van der Waals surface area contributed by atoms with Crippen molar-refractivity contribution in [3.8, 4) is 0 Å². The molecule has 0 aliphatic carbocycles. The zero-order valence-corrected chi connectivity index (χ0v) is 15.2. The van der Waals surface area contributed by atoms with E-state index in [-0.39, 0.29) is 0 Å². The average molecular weight is 358 g/mol. The van der Waals surface area contributed by atoms with Crippen LogP contribution in [0.15, 0.2) is 60.7 Å². The van der Waals surface area contributed by atoms with Crippen LogP contribution >= 0.6 is 0 Å². The molecule has 1 aliphatic heterocycles. The third-order valence-electron chi connectivity index (χ3n) is 4.46. The molecule has 2 atom stereocenters. The third kappa shape index (κ3) is 4.01. The molecule has 1 heterocycles. The third-order valence-corrected chi connectivity index (χ3v) is 7.01. The average Bonchev–Trinajstić information content (AvgIpc) is 2.92. The van der Waals surface area contributed by atoms with Gasteiger partial charge in [0, 0.05) is 0 Å². The SMILES string of the molecule is CC(C)[C@H]1C[C@@H]([Se]c2ccccc2)CN1Cc1ccccc1. The predicted octanol–water partition coefficient (Wildman–Crippen LogP) is 3.74. The van der Waals surface area contributed by atoms with E-state index in [9.17, 15) is 0 Å². The maximum atomic E-state index is 2.72. The van der Waals surface area contributed by atoms with E-state index in [0.29, 0.717) is 15.0 Å². The Morgan fingerprint density at radius 2 is 1.64 bits per heavy atom. The molecule has 0 N–H and O–H groups in total. The maximum absolute atomic E-state index is 2.72. The quantitative estimate of drug-likeness (QED) is 0.736. The molecule has 1 saturated heterocycles. The van der Waals surface area contributed by atoms with Crippen LogP contribution in [0.5, 0.6) is 0 Å². The fourth-order valence-electron chi connectivity index (χ4n) is 3.36. The van der Waals surface area contributed by atoms with Crippen LogP contribution in [0, 0.1) is 5.92 Å². The summed E-state index contributed by atoms with van der Waals surface area (Å²) >= 11 is 0.597. The van der Waals surface area contributed by atoms with Crippen LogP contribution < -0.4 is 4.46 Å². The van der Waals surface area contributed by atoms with Crippen LogP contribution in [-0.4, -0.2) is 32.4 Å². The number of hydrogen-bond acceptors (Lipinski definition) is 1. The van der Waals surface area contributed by atoms with Crippen molar-refractivity contribution in [2.75, 3.05) is 6.54 Å². The summed E-state index contributed by atoms with van der Waals surface area (Å²) in [5, 5.41) is 0. The molecule has 0 aromatic heterocycles. The molecule has 1 nitrogen and oxygen atoms in total. The van der Waals surface area contributed by atoms with E-state index < -0.39 is 0 Å². The molecule has 0 bridgehead atoms. The van der Waals surface area contributed by atoms with Gasteiger partial charge in [-0.05, 0) is 0 Å². The first-order chi connectivity index (χ1) is 10.7. The van der Waals surface area contributed by atoms with Crippen molar-refractivity contribution in [3.63, 3.8) is 0 Å². The molecular weight excluding hydrogens is 333 g/mol. The fraction of sp³-hybridized carbons (Fsp3) is 0.400. The van der Waals surface area contributed by atoms with Crippen LogP contribution in [0.2, 0.25) is 4.82 Å². The first-order valence-electron chi connectivity index (χ1n) is 8.22. The van der Waals surface area contributed by atoms with Crippen molar-refractivity contribution < 1.29 is 0 Å². The van der Waals surface area contributed by atoms with Gasteiger partial charge in [-0.25, -0.2) is 0 Å². The van der Waals surface area contributed by atoms with Gasteiger partial charge in [0.1, 0.15) is 0 Å². The van der Waals surface area contributed by atoms with E-state index in [1.165, 1.54) is 18.5 Å². The number of hydrogen-bond donors (Lipinski definition) is 0. The van der Waals surface area contributed by atoms with Gasteiger partial charge in [0.25, 0.3) is 0 Å². The van der Waals surface area contributed by atoms with Crippen LogP contribution in [0.4, 0.5) is 0 Å². The number of rotatable bonds is 5. The molecule has 3 rings (SSSR count). The Balaban J connectivity index is 1.67. The topological polar surface area (TPSA) is 3.24 Å². The van der Waals surface area contributed by atoms with E-state index in [1.54, 1.807) is 4.46 Å². The van der Waals surface area contributed by atoms with Gasteiger partial charge in [0.2, 0.25) is 0 Å². The van der Waals surface area contributed by atoms with Crippen LogP contribution in [-0.2, 0) is 6.54 Å². The van der Waals surface area contributed by atoms with Crippen molar-refractivity contribution in [1.82, 2.24) is 4.90 Å². The van der Waals surface area contributed by atoms with Gasteiger partial charge in [-0.3, -0.25) is 0 Å². The van der Waals surface area contributed by atoms with Crippen LogP contribution in [0.25, 0.3) is 0 Å². The second-order valence-corrected chi connectivity index (χ2v) is 9.40. The molecule has 2 heteroatoms. The number of likely N-dealkylation sites (tertiary alicyclic amines) is 1. The Hall–Kier alpha value is -1.08. The Bertz CT molecular complexity index is 567. The summed E-state index contributed by atoms with van der Waals surface area (Å²) in [6.07, 6.45) is 1.36. The number of nitrogens with zero attached hydrogens (tertiary/aromatic N) is 1. The minimum atomic E-state index is 0.597. The van der Waals surface area contributed by atoms with Crippen LogP contribution in [0.1, 0.15) is 25.8 Å².